The van der Waals surface area contributed by atoms with Crippen LogP contribution in [0.2, 0.25) is 0 Å². The van der Waals surface area contributed by atoms with E-state index in [0.717, 1.165) is 6.07 Å². The third kappa shape index (κ3) is 3.53. The van der Waals surface area contributed by atoms with Gasteiger partial charge in [-0.25, -0.2) is 4.39 Å². The van der Waals surface area contributed by atoms with E-state index in [1.807, 2.05) is 0 Å². The summed E-state index contributed by atoms with van der Waals surface area (Å²) < 4.78 is 13.3. The van der Waals surface area contributed by atoms with Crippen LogP contribution in [0.15, 0.2) is 18.2 Å². The van der Waals surface area contributed by atoms with Crippen LogP contribution in [-0.4, -0.2) is 23.0 Å². The molecule has 1 aromatic carbocycles. The Morgan fingerprint density at radius 3 is 2.71 bits per heavy atom. The Morgan fingerprint density at radius 2 is 2.18 bits per heavy atom. The van der Waals surface area contributed by atoms with E-state index < -0.39 is 23.7 Å². The highest BCUT2D eigenvalue weighted by atomic mass is 19.1. The molecular formula is C11H13FN2O3. The van der Waals surface area contributed by atoms with E-state index >= 15 is 0 Å². The normalized spacial score (nSPS) is 12.1. The molecule has 4 N–H and O–H groups in total. The predicted molar refractivity (Wildman–Crippen MR) is 58.9 cm³/mol. The molecule has 0 saturated heterocycles. The van der Waals surface area contributed by atoms with E-state index in [9.17, 15) is 14.0 Å². The van der Waals surface area contributed by atoms with Gasteiger partial charge in [0.1, 0.15) is 11.9 Å². The molecule has 6 heteroatoms. The number of amides is 1. The second-order valence-corrected chi connectivity index (χ2v) is 3.61. The highest BCUT2D eigenvalue weighted by molar-refractivity contribution is 5.92. The molecule has 1 atom stereocenters. The maximum atomic E-state index is 13.3. The highest BCUT2D eigenvalue weighted by Crippen LogP contribution is 2.10. The molecule has 1 rings (SSSR count). The van der Waals surface area contributed by atoms with Gasteiger partial charge in [0.15, 0.2) is 0 Å². The molecule has 0 spiro atoms. The van der Waals surface area contributed by atoms with Gasteiger partial charge in [0.05, 0.1) is 0 Å². The lowest BCUT2D eigenvalue weighted by Crippen LogP contribution is -2.33. The van der Waals surface area contributed by atoms with Gasteiger partial charge in [-0.2, -0.15) is 0 Å². The first kappa shape index (κ1) is 13.1. The molecule has 5 nitrogen and oxygen atoms in total. The zero-order valence-corrected chi connectivity index (χ0v) is 9.24. The lowest BCUT2D eigenvalue weighted by molar-refractivity contribution is -0.139. The minimum atomic E-state index is -1.03. The standard InChI is InChI=1S/C11H13FN2O3/c1-6(11(16)17)14-5-8-4-7(10(13)15)2-3-9(8)12/h2-4,6,14H,5H2,1H3,(H2,13,15)(H,16,17)/t6-/m1/s1. The number of rotatable bonds is 5. The van der Waals surface area contributed by atoms with Gasteiger partial charge in [0, 0.05) is 17.7 Å². The van der Waals surface area contributed by atoms with E-state index in [0.29, 0.717) is 0 Å². The number of carbonyl (C=O) groups is 2. The lowest BCUT2D eigenvalue weighted by atomic mass is 10.1. The topological polar surface area (TPSA) is 92.4 Å². The van der Waals surface area contributed by atoms with Crippen molar-refractivity contribution in [3.63, 3.8) is 0 Å². The molecule has 0 unspecified atom stereocenters. The van der Waals surface area contributed by atoms with Gasteiger partial charge < -0.3 is 16.2 Å². The Bertz CT molecular complexity index is 448. The second kappa shape index (κ2) is 5.40. The first-order valence-corrected chi connectivity index (χ1v) is 4.96. The molecule has 0 aliphatic rings. The third-order valence-corrected chi connectivity index (χ3v) is 2.30. The van der Waals surface area contributed by atoms with Crippen molar-refractivity contribution in [2.24, 2.45) is 5.73 Å². The van der Waals surface area contributed by atoms with Crippen LogP contribution in [0, 0.1) is 5.82 Å². The van der Waals surface area contributed by atoms with Crippen molar-refractivity contribution in [3.05, 3.63) is 35.1 Å². The second-order valence-electron chi connectivity index (χ2n) is 3.61. The minimum Gasteiger partial charge on any atom is -0.480 e. The number of hydrogen-bond donors (Lipinski definition) is 3. The Kier molecular flexibility index (Phi) is 4.17. The van der Waals surface area contributed by atoms with Crippen molar-refractivity contribution < 1.29 is 19.1 Å². The average molecular weight is 240 g/mol. The number of benzene rings is 1. The van der Waals surface area contributed by atoms with Crippen molar-refractivity contribution >= 4 is 11.9 Å². The Hall–Kier alpha value is -1.95. The summed E-state index contributed by atoms with van der Waals surface area (Å²) in [6, 6.07) is 2.91. The maximum Gasteiger partial charge on any atom is 0.320 e. The molecule has 0 radical (unpaired) electrons. The lowest BCUT2D eigenvalue weighted by Gasteiger charge is -2.10. The monoisotopic (exact) mass is 240 g/mol. The number of carbonyl (C=O) groups excluding carboxylic acids is 1. The summed E-state index contributed by atoms with van der Waals surface area (Å²) in [5, 5.41) is 11.3. The van der Waals surface area contributed by atoms with Gasteiger partial charge >= 0.3 is 5.97 Å². The number of primary amides is 1. The fourth-order valence-corrected chi connectivity index (χ4v) is 1.21. The summed E-state index contributed by atoms with van der Waals surface area (Å²) in [6.07, 6.45) is 0. The molecule has 0 aliphatic heterocycles. The molecule has 92 valence electrons. The summed E-state index contributed by atoms with van der Waals surface area (Å²) in [5.41, 5.74) is 5.45. The summed E-state index contributed by atoms with van der Waals surface area (Å²) in [7, 11) is 0. The summed E-state index contributed by atoms with van der Waals surface area (Å²) >= 11 is 0. The minimum absolute atomic E-state index is 0.0143. The number of aliphatic carboxylic acids is 1. The zero-order valence-electron chi connectivity index (χ0n) is 9.24. The van der Waals surface area contributed by atoms with Crippen molar-refractivity contribution in [1.82, 2.24) is 5.32 Å². The predicted octanol–water partition coefficient (Wildman–Crippen LogP) is 0.487. The molecule has 1 amide bonds. The number of hydrogen-bond acceptors (Lipinski definition) is 3. The van der Waals surface area contributed by atoms with Crippen LogP contribution < -0.4 is 11.1 Å². The molecule has 0 saturated carbocycles. The van der Waals surface area contributed by atoms with Crippen molar-refractivity contribution in [2.75, 3.05) is 0 Å². The van der Waals surface area contributed by atoms with Crippen LogP contribution in [0.4, 0.5) is 4.39 Å². The first-order valence-electron chi connectivity index (χ1n) is 4.96. The van der Waals surface area contributed by atoms with E-state index in [4.69, 9.17) is 10.8 Å². The van der Waals surface area contributed by atoms with E-state index in [2.05, 4.69) is 5.32 Å². The summed E-state index contributed by atoms with van der Waals surface area (Å²) in [5.74, 6) is -2.20. The molecule has 0 bridgehead atoms. The fourth-order valence-electron chi connectivity index (χ4n) is 1.21. The van der Waals surface area contributed by atoms with E-state index in [1.165, 1.54) is 19.1 Å². The van der Waals surface area contributed by atoms with Gasteiger partial charge in [-0.15, -0.1) is 0 Å². The van der Waals surface area contributed by atoms with Crippen molar-refractivity contribution in [2.45, 2.75) is 19.5 Å². The maximum absolute atomic E-state index is 13.3. The van der Waals surface area contributed by atoms with Gasteiger partial charge in [-0.05, 0) is 25.1 Å². The molecular weight excluding hydrogens is 227 g/mol. The zero-order chi connectivity index (χ0) is 13.0. The molecule has 0 aromatic heterocycles. The van der Waals surface area contributed by atoms with Crippen LogP contribution in [-0.2, 0) is 11.3 Å². The van der Waals surface area contributed by atoms with Gasteiger partial charge in [-0.1, -0.05) is 0 Å². The van der Waals surface area contributed by atoms with Crippen LogP contribution in [0.1, 0.15) is 22.8 Å². The summed E-state index contributed by atoms with van der Waals surface area (Å²) in [4.78, 5) is 21.4. The van der Waals surface area contributed by atoms with Crippen LogP contribution >= 0.6 is 0 Å². The largest absolute Gasteiger partial charge is 0.480 e. The van der Waals surface area contributed by atoms with Crippen molar-refractivity contribution in [3.8, 4) is 0 Å². The SMILES string of the molecule is C[C@@H](NCc1cc(C(N)=O)ccc1F)C(=O)O. The van der Waals surface area contributed by atoms with Gasteiger partial charge in [-0.3, -0.25) is 9.59 Å². The Balaban J connectivity index is 2.79. The average Bonchev–Trinajstić information content (AvgIpc) is 2.26. The molecule has 17 heavy (non-hydrogen) atoms. The van der Waals surface area contributed by atoms with E-state index in [-0.39, 0.29) is 17.7 Å². The van der Waals surface area contributed by atoms with Crippen LogP contribution in [0.3, 0.4) is 0 Å². The number of halogens is 1. The van der Waals surface area contributed by atoms with Gasteiger partial charge in [0.2, 0.25) is 5.91 Å². The molecule has 1 aromatic rings. The quantitative estimate of drug-likeness (QED) is 0.698. The smallest absolute Gasteiger partial charge is 0.320 e. The van der Waals surface area contributed by atoms with Crippen LogP contribution in [0.25, 0.3) is 0 Å². The molecule has 0 fully saturated rings. The first-order chi connectivity index (χ1) is 7.91. The number of carboxylic acids is 1. The molecule has 0 heterocycles. The fraction of sp³-hybridized carbons (Fsp3) is 0.273. The number of carboxylic acid groups (broad SMARTS) is 1. The highest BCUT2D eigenvalue weighted by Gasteiger charge is 2.12. The number of nitrogens with two attached hydrogens (primary N) is 1. The molecule has 0 aliphatic carbocycles. The van der Waals surface area contributed by atoms with E-state index in [1.54, 1.807) is 0 Å². The van der Waals surface area contributed by atoms with Crippen LogP contribution in [0.5, 0.6) is 0 Å². The number of nitrogens with one attached hydrogen (secondary N) is 1. The Labute approximate surface area is 97.4 Å². The van der Waals surface area contributed by atoms with Crippen molar-refractivity contribution in [1.29, 1.82) is 0 Å². The summed E-state index contributed by atoms with van der Waals surface area (Å²) in [6.45, 7) is 1.46. The third-order valence-electron chi connectivity index (χ3n) is 2.30. The Morgan fingerprint density at radius 1 is 1.53 bits per heavy atom. The van der Waals surface area contributed by atoms with Gasteiger partial charge in [0.25, 0.3) is 0 Å².